The zero-order chi connectivity index (χ0) is 10.1. The first-order chi connectivity index (χ1) is 6.68. The first-order valence-corrected chi connectivity index (χ1v) is 5.14. The van der Waals surface area contributed by atoms with Crippen LogP contribution in [0.3, 0.4) is 0 Å². The number of imidazole rings is 1. The van der Waals surface area contributed by atoms with Gasteiger partial charge in [0.05, 0.1) is 0 Å². The molecule has 1 unspecified atom stereocenters. The number of hydrogen-bond donors (Lipinski definition) is 1. The van der Waals surface area contributed by atoms with Gasteiger partial charge in [-0.15, -0.1) is 0 Å². The second-order valence-corrected chi connectivity index (χ2v) is 4.07. The van der Waals surface area contributed by atoms with Crippen LogP contribution in [0.25, 0.3) is 0 Å². The first kappa shape index (κ1) is 9.52. The maximum atomic E-state index is 11.7. The Labute approximate surface area is 83.5 Å². The van der Waals surface area contributed by atoms with Crippen molar-refractivity contribution < 1.29 is 0 Å². The van der Waals surface area contributed by atoms with E-state index >= 15 is 0 Å². The predicted octanol–water partition coefficient (Wildman–Crippen LogP) is 0.247. The van der Waals surface area contributed by atoms with Crippen LogP contribution in [0.4, 0.5) is 0 Å². The minimum Gasteiger partial charge on any atom is -0.312 e. The van der Waals surface area contributed by atoms with Crippen LogP contribution in [-0.2, 0) is 13.6 Å². The van der Waals surface area contributed by atoms with Crippen molar-refractivity contribution in [3.8, 4) is 0 Å². The van der Waals surface area contributed by atoms with Crippen LogP contribution in [-0.4, -0.2) is 21.7 Å². The summed E-state index contributed by atoms with van der Waals surface area (Å²) >= 11 is 0. The Hall–Kier alpha value is -1.03. The molecule has 1 aliphatic rings. The molecule has 1 aliphatic heterocycles. The Balaban J connectivity index is 2.19. The molecule has 78 valence electrons. The summed E-state index contributed by atoms with van der Waals surface area (Å²) < 4.78 is 3.49. The molecule has 1 atom stereocenters. The van der Waals surface area contributed by atoms with Gasteiger partial charge in [0.15, 0.2) is 0 Å². The zero-order valence-electron chi connectivity index (χ0n) is 8.79. The molecule has 0 aromatic carbocycles. The van der Waals surface area contributed by atoms with E-state index in [9.17, 15) is 4.79 Å². The van der Waals surface area contributed by atoms with Gasteiger partial charge in [-0.1, -0.05) is 0 Å². The normalized spacial score (nSPS) is 21.7. The Morgan fingerprint density at radius 3 is 2.93 bits per heavy atom. The number of aryl methyl sites for hydroxylation is 2. The Kier molecular flexibility index (Phi) is 2.46. The van der Waals surface area contributed by atoms with Gasteiger partial charge in [-0.05, 0) is 26.3 Å². The summed E-state index contributed by atoms with van der Waals surface area (Å²) in [7, 11) is 1.80. The number of nitrogens with one attached hydrogen (secondary N) is 1. The molecular formula is C10H17N3O. The van der Waals surface area contributed by atoms with Gasteiger partial charge in [0.25, 0.3) is 0 Å². The smallest absolute Gasteiger partial charge is 0.312 e. The van der Waals surface area contributed by atoms with Crippen molar-refractivity contribution in [2.75, 3.05) is 6.54 Å². The van der Waals surface area contributed by atoms with Crippen LogP contribution in [0, 0.1) is 6.92 Å². The first-order valence-electron chi connectivity index (χ1n) is 5.14. The molecule has 1 fully saturated rings. The van der Waals surface area contributed by atoms with Gasteiger partial charge in [-0.2, -0.15) is 0 Å². The molecule has 2 heterocycles. The average molecular weight is 195 g/mol. The third-order valence-corrected chi connectivity index (χ3v) is 2.90. The van der Waals surface area contributed by atoms with E-state index in [-0.39, 0.29) is 5.69 Å². The summed E-state index contributed by atoms with van der Waals surface area (Å²) in [4.78, 5) is 11.7. The zero-order valence-corrected chi connectivity index (χ0v) is 8.79. The molecular weight excluding hydrogens is 178 g/mol. The molecule has 1 aromatic heterocycles. The van der Waals surface area contributed by atoms with Crippen LogP contribution in [0.2, 0.25) is 0 Å². The minimum absolute atomic E-state index is 0.0937. The van der Waals surface area contributed by atoms with Crippen molar-refractivity contribution in [3.63, 3.8) is 0 Å². The molecule has 4 nitrogen and oxygen atoms in total. The molecule has 0 aliphatic carbocycles. The second-order valence-electron chi connectivity index (χ2n) is 4.07. The van der Waals surface area contributed by atoms with E-state index in [1.807, 2.05) is 17.7 Å². The Morgan fingerprint density at radius 2 is 2.43 bits per heavy atom. The lowest BCUT2D eigenvalue weighted by Crippen LogP contribution is -2.33. The average Bonchev–Trinajstić information content (AvgIpc) is 2.71. The highest BCUT2D eigenvalue weighted by molar-refractivity contribution is 4.98. The van der Waals surface area contributed by atoms with Gasteiger partial charge >= 0.3 is 5.69 Å². The summed E-state index contributed by atoms with van der Waals surface area (Å²) in [5.41, 5.74) is 1.14. The molecule has 1 aromatic rings. The van der Waals surface area contributed by atoms with E-state index in [2.05, 4.69) is 5.32 Å². The molecule has 2 rings (SSSR count). The van der Waals surface area contributed by atoms with Crippen LogP contribution in [0.5, 0.6) is 0 Å². The third-order valence-electron chi connectivity index (χ3n) is 2.90. The van der Waals surface area contributed by atoms with Gasteiger partial charge in [0.2, 0.25) is 0 Å². The van der Waals surface area contributed by atoms with E-state index in [1.165, 1.54) is 12.8 Å². The van der Waals surface area contributed by atoms with E-state index in [4.69, 9.17) is 0 Å². The summed E-state index contributed by atoms with van der Waals surface area (Å²) in [6, 6.07) is 0.480. The fraction of sp³-hybridized carbons (Fsp3) is 0.700. The van der Waals surface area contributed by atoms with E-state index in [0.717, 1.165) is 18.8 Å². The number of rotatable bonds is 2. The highest BCUT2D eigenvalue weighted by Gasteiger charge is 2.16. The van der Waals surface area contributed by atoms with Crippen molar-refractivity contribution in [2.24, 2.45) is 7.05 Å². The molecule has 0 bridgehead atoms. The van der Waals surface area contributed by atoms with E-state index < -0.39 is 0 Å². The standard InChI is InChI=1S/C10H17N3O/c1-8-6-12(2)10(14)13(8)7-9-4-3-5-11-9/h6,9,11H,3-5,7H2,1-2H3. The van der Waals surface area contributed by atoms with Crippen molar-refractivity contribution >= 4 is 0 Å². The molecule has 1 N–H and O–H groups in total. The molecule has 4 heteroatoms. The van der Waals surface area contributed by atoms with Gasteiger partial charge < -0.3 is 9.88 Å². The molecule has 1 saturated heterocycles. The second kappa shape index (κ2) is 3.61. The lowest BCUT2D eigenvalue weighted by atomic mass is 10.2. The highest BCUT2D eigenvalue weighted by Crippen LogP contribution is 2.07. The summed E-state index contributed by atoms with van der Waals surface area (Å²) in [5.74, 6) is 0. The van der Waals surface area contributed by atoms with Gasteiger partial charge in [-0.25, -0.2) is 4.79 Å². The summed E-state index contributed by atoms with van der Waals surface area (Å²) in [5, 5.41) is 3.40. The van der Waals surface area contributed by atoms with Crippen LogP contribution < -0.4 is 11.0 Å². The Morgan fingerprint density at radius 1 is 1.64 bits per heavy atom. The highest BCUT2D eigenvalue weighted by atomic mass is 16.1. The van der Waals surface area contributed by atoms with Crippen LogP contribution in [0.1, 0.15) is 18.5 Å². The van der Waals surface area contributed by atoms with E-state index in [0.29, 0.717) is 6.04 Å². The predicted molar refractivity (Wildman–Crippen MR) is 55.4 cm³/mol. The lowest BCUT2D eigenvalue weighted by molar-refractivity contribution is 0.490. The molecule has 14 heavy (non-hydrogen) atoms. The third kappa shape index (κ3) is 1.62. The molecule has 0 spiro atoms. The Bertz CT molecular complexity index is 371. The molecule has 0 amide bonds. The number of aromatic nitrogens is 2. The van der Waals surface area contributed by atoms with E-state index in [1.54, 1.807) is 11.6 Å². The fourth-order valence-corrected chi connectivity index (χ4v) is 2.10. The van der Waals surface area contributed by atoms with Crippen molar-refractivity contribution in [2.45, 2.75) is 32.4 Å². The topological polar surface area (TPSA) is 39.0 Å². The minimum atomic E-state index is 0.0937. The number of nitrogens with zero attached hydrogens (tertiary/aromatic N) is 2. The van der Waals surface area contributed by atoms with Crippen molar-refractivity contribution in [1.82, 2.24) is 14.5 Å². The van der Waals surface area contributed by atoms with Crippen LogP contribution in [0.15, 0.2) is 11.0 Å². The largest absolute Gasteiger partial charge is 0.328 e. The number of hydrogen-bond acceptors (Lipinski definition) is 2. The van der Waals surface area contributed by atoms with Gasteiger partial charge in [0, 0.05) is 31.5 Å². The maximum absolute atomic E-state index is 11.7. The van der Waals surface area contributed by atoms with Crippen LogP contribution >= 0.6 is 0 Å². The summed E-state index contributed by atoms with van der Waals surface area (Å²) in [6.07, 6.45) is 4.29. The molecule has 0 radical (unpaired) electrons. The SMILES string of the molecule is Cc1cn(C)c(=O)n1CC1CCCN1. The van der Waals surface area contributed by atoms with Crippen molar-refractivity contribution in [1.29, 1.82) is 0 Å². The monoisotopic (exact) mass is 195 g/mol. The quantitative estimate of drug-likeness (QED) is 0.734. The van der Waals surface area contributed by atoms with Gasteiger partial charge in [-0.3, -0.25) is 4.57 Å². The maximum Gasteiger partial charge on any atom is 0.328 e. The fourth-order valence-electron chi connectivity index (χ4n) is 2.10. The lowest BCUT2D eigenvalue weighted by Gasteiger charge is -2.11. The summed E-state index contributed by atoms with van der Waals surface area (Å²) in [6.45, 7) is 3.88. The molecule has 0 saturated carbocycles. The van der Waals surface area contributed by atoms with Crippen molar-refractivity contribution in [3.05, 3.63) is 22.4 Å². The van der Waals surface area contributed by atoms with Gasteiger partial charge in [0.1, 0.15) is 0 Å².